The summed E-state index contributed by atoms with van der Waals surface area (Å²) in [6.45, 7) is -0.183. The first-order valence-corrected chi connectivity index (χ1v) is 4.84. The molecule has 0 saturated heterocycles. The molecule has 0 fully saturated rings. The molecule has 0 unspecified atom stereocenters. The van der Waals surface area contributed by atoms with Gasteiger partial charge in [0.15, 0.2) is 5.82 Å². The van der Waals surface area contributed by atoms with Crippen molar-refractivity contribution in [2.75, 3.05) is 18.4 Å². The van der Waals surface area contributed by atoms with Crippen LogP contribution in [0.3, 0.4) is 0 Å². The van der Waals surface area contributed by atoms with Crippen LogP contribution in [-0.4, -0.2) is 19.0 Å². The Morgan fingerprint density at radius 3 is 3.00 bits per heavy atom. The van der Waals surface area contributed by atoms with Crippen LogP contribution in [0.4, 0.5) is 10.1 Å². The minimum atomic E-state index is -0.600. The van der Waals surface area contributed by atoms with Crippen LogP contribution in [0.15, 0.2) is 18.2 Å². The predicted octanol–water partition coefficient (Wildman–Crippen LogP) is 1.53. The maximum atomic E-state index is 13.3. The van der Waals surface area contributed by atoms with E-state index in [2.05, 4.69) is 10.6 Å². The maximum Gasteiger partial charge on any atom is 0.240 e. The Morgan fingerprint density at radius 1 is 1.56 bits per heavy atom. The number of carbonyl (C=O) groups is 1. The van der Waals surface area contributed by atoms with Gasteiger partial charge in [-0.05, 0) is 12.1 Å². The fourth-order valence-corrected chi connectivity index (χ4v) is 1.19. The molecule has 1 aromatic carbocycles. The first kappa shape index (κ1) is 12.3. The van der Waals surface area contributed by atoms with E-state index < -0.39 is 5.82 Å². The van der Waals surface area contributed by atoms with Crippen molar-refractivity contribution in [3.05, 3.63) is 29.0 Å². The number of nitriles is 1. The third-order valence-corrected chi connectivity index (χ3v) is 2.05. The lowest BCUT2D eigenvalue weighted by Crippen LogP contribution is -2.30. The molecular weight excluding hydrogens is 233 g/mol. The molecule has 0 aliphatic heterocycles. The zero-order chi connectivity index (χ0) is 12.0. The fraction of sp³-hybridized carbons (Fsp3) is 0.200. The number of halogens is 2. The summed E-state index contributed by atoms with van der Waals surface area (Å²) >= 11 is 5.55. The van der Waals surface area contributed by atoms with E-state index in [-0.39, 0.29) is 29.7 Å². The molecule has 1 aromatic rings. The van der Waals surface area contributed by atoms with Gasteiger partial charge in [-0.25, -0.2) is 4.39 Å². The summed E-state index contributed by atoms with van der Waals surface area (Å²) in [6, 6.07) is 6.22. The van der Waals surface area contributed by atoms with E-state index in [1.165, 1.54) is 12.1 Å². The molecule has 2 N–H and O–H groups in total. The normalized spacial score (nSPS) is 9.31. The highest BCUT2D eigenvalue weighted by molar-refractivity contribution is 6.31. The SMILES string of the molecule is N#CCNC(=O)CNc1cccc(Cl)c1F. The van der Waals surface area contributed by atoms with E-state index in [9.17, 15) is 9.18 Å². The van der Waals surface area contributed by atoms with E-state index in [0.29, 0.717) is 0 Å². The summed E-state index contributed by atoms with van der Waals surface area (Å²) in [5, 5.41) is 13.1. The van der Waals surface area contributed by atoms with Crippen molar-refractivity contribution >= 4 is 23.2 Å². The van der Waals surface area contributed by atoms with E-state index in [0.717, 1.165) is 0 Å². The van der Waals surface area contributed by atoms with Crippen molar-refractivity contribution in [3.63, 3.8) is 0 Å². The molecule has 0 atom stereocenters. The molecule has 0 aromatic heterocycles. The largest absolute Gasteiger partial charge is 0.374 e. The van der Waals surface area contributed by atoms with Gasteiger partial charge in [0.05, 0.1) is 23.3 Å². The lowest BCUT2D eigenvalue weighted by Gasteiger charge is -2.07. The Bertz CT molecular complexity index is 431. The van der Waals surface area contributed by atoms with Crippen LogP contribution in [0.25, 0.3) is 0 Å². The van der Waals surface area contributed by atoms with Gasteiger partial charge < -0.3 is 10.6 Å². The zero-order valence-electron chi connectivity index (χ0n) is 8.26. The number of anilines is 1. The third-order valence-electron chi connectivity index (χ3n) is 1.76. The van der Waals surface area contributed by atoms with Gasteiger partial charge in [-0.15, -0.1) is 0 Å². The zero-order valence-corrected chi connectivity index (χ0v) is 9.01. The Balaban J connectivity index is 2.52. The Labute approximate surface area is 97.0 Å². The monoisotopic (exact) mass is 241 g/mol. The average molecular weight is 242 g/mol. The van der Waals surface area contributed by atoms with Crippen molar-refractivity contribution in [3.8, 4) is 6.07 Å². The lowest BCUT2D eigenvalue weighted by molar-refractivity contribution is -0.119. The predicted molar refractivity (Wildman–Crippen MR) is 58.5 cm³/mol. The van der Waals surface area contributed by atoms with Crippen LogP contribution >= 0.6 is 11.6 Å². The molecule has 0 aliphatic carbocycles. The van der Waals surface area contributed by atoms with E-state index in [1.54, 1.807) is 12.1 Å². The second-order valence-electron chi connectivity index (χ2n) is 2.89. The summed E-state index contributed by atoms with van der Waals surface area (Å²) in [5.41, 5.74) is 0.152. The van der Waals surface area contributed by atoms with Crippen LogP contribution in [0.5, 0.6) is 0 Å². The van der Waals surface area contributed by atoms with Crippen molar-refractivity contribution in [2.24, 2.45) is 0 Å². The maximum absolute atomic E-state index is 13.3. The Kier molecular flexibility index (Phi) is 4.55. The standard InChI is InChI=1S/C10H9ClFN3O/c11-7-2-1-3-8(10(7)12)15-6-9(16)14-5-4-13/h1-3,15H,5-6H2,(H,14,16). The summed E-state index contributed by atoms with van der Waals surface area (Å²) in [5.74, 6) is -0.988. The van der Waals surface area contributed by atoms with E-state index >= 15 is 0 Å². The van der Waals surface area contributed by atoms with Gasteiger partial charge in [0, 0.05) is 0 Å². The number of nitrogens with zero attached hydrogens (tertiary/aromatic N) is 1. The minimum absolute atomic E-state index is 0.0116. The smallest absolute Gasteiger partial charge is 0.240 e. The molecule has 1 rings (SSSR count). The molecule has 0 bridgehead atoms. The summed E-state index contributed by atoms with van der Waals surface area (Å²) in [7, 11) is 0. The third kappa shape index (κ3) is 3.41. The second kappa shape index (κ2) is 5.93. The summed E-state index contributed by atoms with van der Waals surface area (Å²) in [4.78, 5) is 11.1. The van der Waals surface area contributed by atoms with Gasteiger partial charge in [0.1, 0.15) is 6.54 Å². The molecule has 0 aliphatic rings. The number of carbonyl (C=O) groups excluding carboxylic acids is 1. The highest BCUT2D eigenvalue weighted by Crippen LogP contribution is 2.21. The first-order valence-electron chi connectivity index (χ1n) is 4.46. The number of nitrogens with one attached hydrogen (secondary N) is 2. The molecule has 1 amide bonds. The summed E-state index contributed by atoms with van der Waals surface area (Å²) < 4.78 is 13.3. The van der Waals surface area contributed by atoms with Crippen LogP contribution in [0, 0.1) is 17.1 Å². The van der Waals surface area contributed by atoms with Crippen LogP contribution in [0.2, 0.25) is 5.02 Å². The number of hydrogen-bond acceptors (Lipinski definition) is 3. The van der Waals surface area contributed by atoms with Crippen molar-refractivity contribution in [1.29, 1.82) is 5.26 Å². The van der Waals surface area contributed by atoms with Crippen LogP contribution in [-0.2, 0) is 4.79 Å². The van der Waals surface area contributed by atoms with E-state index in [4.69, 9.17) is 16.9 Å². The van der Waals surface area contributed by atoms with E-state index in [1.807, 2.05) is 0 Å². The van der Waals surface area contributed by atoms with Gasteiger partial charge >= 0.3 is 0 Å². The number of benzene rings is 1. The second-order valence-corrected chi connectivity index (χ2v) is 3.30. The topological polar surface area (TPSA) is 64.9 Å². The molecule has 0 heterocycles. The molecule has 16 heavy (non-hydrogen) atoms. The van der Waals surface area contributed by atoms with Crippen LogP contribution in [0.1, 0.15) is 0 Å². The molecule has 0 saturated carbocycles. The molecular formula is C10H9ClFN3O. The fourth-order valence-electron chi connectivity index (χ4n) is 1.02. The molecule has 0 radical (unpaired) electrons. The summed E-state index contributed by atoms with van der Waals surface area (Å²) in [6.07, 6.45) is 0. The van der Waals surface area contributed by atoms with Crippen molar-refractivity contribution < 1.29 is 9.18 Å². The van der Waals surface area contributed by atoms with Gasteiger partial charge in [-0.1, -0.05) is 17.7 Å². The number of rotatable bonds is 4. The molecule has 4 nitrogen and oxygen atoms in total. The number of hydrogen-bond donors (Lipinski definition) is 2. The highest BCUT2D eigenvalue weighted by atomic mass is 35.5. The Morgan fingerprint density at radius 2 is 2.31 bits per heavy atom. The highest BCUT2D eigenvalue weighted by Gasteiger charge is 2.07. The Hall–Kier alpha value is -1.80. The lowest BCUT2D eigenvalue weighted by atomic mass is 10.3. The van der Waals surface area contributed by atoms with Crippen molar-refractivity contribution in [2.45, 2.75) is 0 Å². The van der Waals surface area contributed by atoms with Crippen LogP contribution < -0.4 is 10.6 Å². The van der Waals surface area contributed by atoms with Gasteiger partial charge in [-0.3, -0.25) is 4.79 Å². The first-order chi connectivity index (χ1) is 7.65. The average Bonchev–Trinajstić information content (AvgIpc) is 2.28. The number of amides is 1. The van der Waals surface area contributed by atoms with Gasteiger partial charge in [0.2, 0.25) is 5.91 Å². The van der Waals surface area contributed by atoms with Gasteiger partial charge in [-0.2, -0.15) is 5.26 Å². The van der Waals surface area contributed by atoms with Gasteiger partial charge in [0.25, 0.3) is 0 Å². The molecule has 6 heteroatoms. The van der Waals surface area contributed by atoms with Crippen molar-refractivity contribution in [1.82, 2.24) is 5.32 Å². The molecule has 84 valence electrons. The quantitative estimate of drug-likeness (QED) is 0.786. The molecule has 0 spiro atoms. The minimum Gasteiger partial charge on any atom is -0.374 e.